The first-order valence-corrected chi connectivity index (χ1v) is 4.53. The number of fused-ring (bicyclic) bond motifs is 1. The molecule has 2 heterocycles. The molecule has 0 saturated heterocycles. The van der Waals surface area contributed by atoms with Crippen LogP contribution in [0.4, 0.5) is 0 Å². The van der Waals surface area contributed by atoms with Crippen molar-refractivity contribution in [1.82, 2.24) is 18.7 Å². The van der Waals surface area contributed by atoms with E-state index in [9.17, 15) is 14.4 Å². The van der Waals surface area contributed by atoms with Gasteiger partial charge in [-0.05, 0) is 0 Å². The SMILES string of the molecule is [2H]C([2H])([2H])n1c(=O)n(C)c(=O)c2c1ncn2CC(=O)O. The third-order valence-corrected chi connectivity index (χ3v) is 2.32. The molecular formula is C9H10N4O4. The van der Waals surface area contributed by atoms with Crippen LogP contribution in [0.3, 0.4) is 0 Å². The van der Waals surface area contributed by atoms with Gasteiger partial charge in [-0.25, -0.2) is 9.78 Å². The second-order valence-corrected chi connectivity index (χ2v) is 3.42. The van der Waals surface area contributed by atoms with Gasteiger partial charge in [-0.15, -0.1) is 0 Å². The maximum atomic E-state index is 12.0. The van der Waals surface area contributed by atoms with Gasteiger partial charge in [0.2, 0.25) is 0 Å². The van der Waals surface area contributed by atoms with Crippen LogP contribution in [0.25, 0.3) is 11.2 Å². The highest BCUT2D eigenvalue weighted by atomic mass is 16.4. The summed E-state index contributed by atoms with van der Waals surface area (Å²) in [5.41, 5.74) is -2.45. The second kappa shape index (κ2) is 3.58. The minimum absolute atomic E-state index is 0.245. The van der Waals surface area contributed by atoms with Crippen LogP contribution < -0.4 is 11.2 Å². The Morgan fingerprint density at radius 1 is 1.53 bits per heavy atom. The van der Waals surface area contributed by atoms with E-state index in [1.165, 1.54) is 0 Å². The Morgan fingerprint density at radius 2 is 2.24 bits per heavy atom. The van der Waals surface area contributed by atoms with Crippen molar-refractivity contribution in [3.8, 4) is 0 Å². The minimum Gasteiger partial charge on any atom is -0.480 e. The number of aromatic nitrogens is 4. The van der Waals surface area contributed by atoms with Crippen molar-refractivity contribution in [3.05, 3.63) is 27.2 Å². The molecule has 17 heavy (non-hydrogen) atoms. The monoisotopic (exact) mass is 241 g/mol. The number of carboxylic acid groups (broad SMARTS) is 1. The lowest BCUT2D eigenvalue weighted by Crippen LogP contribution is -2.37. The molecule has 2 rings (SSSR count). The van der Waals surface area contributed by atoms with Gasteiger partial charge >= 0.3 is 11.7 Å². The van der Waals surface area contributed by atoms with E-state index in [2.05, 4.69) is 4.98 Å². The number of carboxylic acids is 1. The molecule has 0 aromatic carbocycles. The highest BCUT2D eigenvalue weighted by molar-refractivity contribution is 5.74. The number of aryl methyl sites for hydroxylation is 1. The van der Waals surface area contributed by atoms with Gasteiger partial charge in [0.25, 0.3) is 5.56 Å². The smallest absolute Gasteiger partial charge is 0.332 e. The summed E-state index contributed by atoms with van der Waals surface area (Å²) in [6.07, 6.45) is 1.02. The maximum Gasteiger partial charge on any atom is 0.332 e. The number of nitrogens with zero attached hydrogens (tertiary/aromatic N) is 4. The van der Waals surface area contributed by atoms with E-state index in [4.69, 9.17) is 9.22 Å². The molecule has 8 nitrogen and oxygen atoms in total. The molecule has 0 aliphatic carbocycles. The average Bonchev–Trinajstić information content (AvgIpc) is 2.67. The summed E-state index contributed by atoms with van der Waals surface area (Å²) in [6, 6.07) is 0. The highest BCUT2D eigenvalue weighted by Gasteiger charge is 2.15. The number of carbonyl (C=O) groups is 1. The first-order valence-electron chi connectivity index (χ1n) is 6.03. The molecule has 0 radical (unpaired) electrons. The van der Waals surface area contributed by atoms with Crippen molar-refractivity contribution in [2.75, 3.05) is 0 Å². The molecule has 1 N–H and O–H groups in total. The molecule has 0 unspecified atom stereocenters. The summed E-state index contributed by atoms with van der Waals surface area (Å²) in [5.74, 6) is -1.22. The van der Waals surface area contributed by atoms with Crippen molar-refractivity contribution in [1.29, 1.82) is 0 Å². The zero-order valence-corrected chi connectivity index (χ0v) is 8.75. The quantitative estimate of drug-likeness (QED) is 0.691. The van der Waals surface area contributed by atoms with Crippen LogP contribution in [0, 0.1) is 0 Å². The molecule has 0 saturated carbocycles. The Labute approximate surface area is 98.6 Å². The van der Waals surface area contributed by atoms with Crippen molar-refractivity contribution in [3.63, 3.8) is 0 Å². The molecule has 0 bridgehead atoms. The highest BCUT2D eigenvalue weighted by Crippen LogP contribution is 2.04. The predicted octanol–water partition coefficient (Wildman–Crippen LogP) is -1.48. The third kappa shape index (κ3) is 1.53. The summed E-state index contributed by atoms with van der Waals surface area (Å²) < 4.78 is 24.0. The van der Waals surface area contributed by atoms with E-state index in [0.29, 0.717) is 9.13 Å². The van der Waals surface area contributed by atoms with Gasteiger partial charge in [0, 0.05) is 18.1 Å². The predicted molar refractivity (Wildman–Crippen MR) is 57.9 cm³/mol. The zero-order chi connectivity index (χ0) is 15.2. The molecule has 0 fully saturated rings. The van der Waals surface area contributed by atoms with Crippen LogP contribution >= 0.6 is 0 Å². The summed E-state index contributed by atoms with van der Waals surface area (Å²) in [5, 5.41) is 8.75. The van der Waals surface area contributed by atoms with Crippen LogP contribution in [0.5, 0.6) is 0 Å². The van der Waals surface area contributed by atoms with Crippen LogP contribution in [0.2, 0.25) is 0 Å². The molecule has 0 spiro atoms. The van der Waals surface area contributed by atoms with Crippen LogP contribution in [0.1, 0.15) is 4.11 Å². The molecule has 90 valence electrons. The Kier molecular flexibility index (Phi) is 1.65. The first kappa shape index (κ1) is 7.82. The van der Waals surface area contributed by atoms with Crippen molar-refractivity contribution >= 4 is 17.1 Å². The van der Waals surface area contributed by atoms with E-state index in [1.807, 2.05) is 0 Å². The van der Waals surface area contributed by atoms with Crippen LogP contribution in [0.15, 0.2) is 15.9 Å². The second-order valence-electron chi connectivity index (χ2n) is 3.42. The van der Waals surface area contributed by atoms with Gasteiger partial charge in [-0.1, -0.05) is 0 Å². The van der Waals surface area contributed by atoms with Gasteiger partial charge in [-0.2, -0.15) is 0 Å². The average molecular weight is 241 g/mol. The fourth-order valence-electron chi connectivity index (χ4n) is 1.51. The number of imidazole rings is 1. The molecule has 0 atom stereocenters. The first-order chi connectivity index (χ1) is 9.14. The van der Waals surface area contributed by atoms with Crippen molar-refractivity contribution in [2.45, 2.75) is 6.54 Å². The van der Waals surface area contributed by atoms with Gasteiger partial charge in [0.15, 0.2) is 11.2 Å². The van der Waals surface area contributed by atoms with E-state index in [-0.39, 0.29) is 11.2 Å². The maximum absolute atomic E-state index is 12.0. The summed E-state index contributed by atoms with van der Waals surface area (Å²) in [7, 11) is 1.12. The largest absolute Gasteiger partial charge is 0.480 e. The molecule has 0 aliphatic rings. The van der Waals surface area contributed by atoms with Crippen molar-refractivity contribution in [2.24, 2.45) is 14.0 Å². The van der Waals surface area contributed by atoms with E-state index in [1.54, 1.807) is 0 Å². The summed E-state index contributed by atoms with van der Waals surface area (Å²) >= 11 is 0. The van der Waals surface area contributed by atoms with Gasteiger partial charge < -0.3 is 9.67 Å². The Bertz CT molecular complexity index is 813. The molecule has 0 amide bonds. The molecule has 2 aromatic heterocycles. The Hall–Kier alpha value is -2.38. The van der Waals surface area contributed by atoms with Gasteiger partial charge in [-0.3, -0.25) is 18.7 Å². The lowest BCUT2D eigenvalue weighted by atomic mass is 10.5. The molecular weight excluding hydrogens is 228 g/mol. The Balaban J connectivity index is 2.97. The topological polar surface area (TPSA) is 99.1 Å². The van der Waals surface area contributed by atoms with E-state index >= 15 is 0 Å². The molecule has 2 aromatic rings. The lowest BCUT2D eigenvalue weighted by molar-refractivity contribution is -0.137. The van der Waals surface area contributed by atoms with Gasteiger partial charge in [0.05, 0.1) is 6.33 Å². The number of rotatable bonds is 2. The standard InChI is InChI=1S/C9H10N4O4/c1-11-7-6(8(16)12(2)9(11)17)13(4-10-7)3-5(14)15/h4H,3H2,1-2H3,(H,14,15)/i1D3. The fraction of sp³-hybridized carbons (Fsp3) is 0.333. The number of aliphatic carboxylic acids is 1. The minimum atomic E-state index is -2.83. The molecule has 0 aliphatic heterocycles. The summed E-state index contributed by atoms with van der Waals surface area (Å²) in [4.78, 5) is 38.3. The third-order valence-electron chi connectivity index (χ3n) is 2.32. The van der Waals surface area contributed by atoms with Crippen LogP contribution in [-0.2, 0) is 25.4 Å². The van der Waals surface area contributed by atoms with E-state index < -0.39 is 30.7 Å². The van der Waals surface area contributed by atoms with Gasteiger partial charge in [0.1, 0.15) is 6.54 Å². The fourth-order valence-corrected chi connectivity index (χ4v) is 1.51. The summed E-state index contributed by atoms with van der Waals surface area (Å²) in [6.45, 7) is -3.39. The number of hydrogen-bond acceptors (Lipinski definition) is 4. The zero-order valence-electron chi connectivity index (χ0n) is 11.7. The Morgan fingerprint density at radius 3 is 2.82 bits per heavy atom. The van der Waals surface area contributed by atoms with Crippen molar-refractivity contribution < 1.29 is 14.0 Å². The lowest BCUT2D eigenvalue weighted by Gasteiger charge is -2.04. The van der Waals surface area contributed by atoms with E-state index in [0.717, 1.165) is 17.9 Å². The number of hydrogen-bond donors (Lipinski definition) is 1. The normalized spacial score (nSPS) is 14.3. The van der Waals surface area contributed by atoms with Crippen LogP contribution in [-0.4, -0.2) is 29.8 Å². The molecule has 8 heteroatoms.